The number of hydrogen-bond donors (Lipinski definition) is 3. The predicted octanol–water partition coefficient (Wildman–Crippen LogP) is 4.13. The van der Waals surface area contributed by atoms with Crippen molar-refractivity contribution >= 4 is 44.0 Å². The topological polar surface area (TPSA) is 134 Å². The molecule has 1 aromatic carbocycles. The molecule has 0 radical (unpaired) electrons. The number of aliphatic hydroxyl groups excluding tert-OH is 1. The van der Waals surface area contributed by atoms with E-state index in [2.05, 4.69) is 19.9 Å². The molecule has 1 saturated heterocycles. The van der Waals surface area contributed by atoms with Crippen molar-refractivity contribution in [2.45, 2.75) is 51.0 Å². The number of sulfonamides is 1. The van der Waals surface area contributed by atoms with E-state index < -0.39 is 22.5 Å². The molecule has 1 amide bonds. The summed E-state index contributed by atoms with van der Waals surface area (Å²) in [7, 11) is -3.69. The molecule has 2 saturated carbocycles. The highest BCUT2D eigenvalue weighted by atomic mass is 32.2. The average Bonchev–Trinajstić information content (AvgIpc) is 3.43. The number of amides is 1. The van der Waals surface area contributed by atoms with Crippen molar-refractivity contribution in [3.8, 4) is 5.88 Å². The van der Waals surface area contributed by atoms with E-state index in [1.54, 1.807) is 36.6 Å². The summed E-state index contributed by atoms with van der Waals surface area (Å²) < 4.78 is 38.6. The van der Waals surface area contributed by atoms with Crippen LogP contribution in [0.15, 0.2) is 41.0 Å². The van der Waals surface area contributed by atoms with E-state index >= 15 is 0 Å². The van der Waals surface area contributed by atoms with Crippen molar-refractivity contribution in [1.29, 1.82) is 0 Å². The minimum Gasteiger partial charge on any atom is -0.472 e. The lowest BCUT2D eigenvalue weighted by Gasteiger charge is -2.35. The molecule has 6 rings (SSSR count). The fourth-order valence-electron chi connectivity index (χ4n) is 5.19. The number of aliphatic hydroxyl groups is 1. The summed E-state index contributed by atoms with van der Waals surface area (Å²) in [6.07, 6.45) is 9.32. The Morgan fingerprint density at radius 3 is 2.63 bits per heavy atom. The number of nitrogens with zero attached hydrogens (tertiary/aromatic N) is 2. The first-order valence-corrected chi connectivity index (χ1v) is 14.8. The number of furan rings is 1. The molecule has 0 atom stereocenters. The molecule has 1 aliphatic heterocycles. The Hall–Kier alpha value is -3.31. The summed E-state index contributed by atoms with van der Waals surface area (Å²) in [5, 5.41) is 12.8. The van der Waals surface area contributed by atoms with Crippen LogP contribution >= 0.6 is 0 Å². The number of pyridine rings is 1. The lowest BCUT2D eigenvalue weighted by Crippen LogP contribution is -2.35. The molecule has 3 fully saturated rings. The van der Waals surface area contributed by atoms with Gasteiger partial charge in [-0.05, 0) is 80.7 Å². The first kappa shape index (κ1) is 25.0. The molecule has 0 bridgehead atoms. The lowest BCUT2D eigenvalue weighted by molar-refractivity contribution is 0.101. The van der Waals surface area contributed by atoms with Gasteiger partial charge in [0.15, 0.2) is 5.58 Å². The average molecular weight is 541 g/mol. The second-order valence-corrected chi connectivity index (χ2v) is 12.5. The molecule has 3 aromatic rings. The SMILES string of the molecule is O=C(Nc1ccc(NS(=O)(=O)CCO)cc1N1CCC2(CC1)CC2)c1cc2ccoc2c(OC2CCC2)n1. The van der Waals surface area contributed by atoms with E-state index in [0.29, 0.717) is 28.3 Å². The quantitative estimate of drug-likeness (QED) is 0.369. The van der Waals surface area contributed by atoms with E-state index in [0.717, 1.165) is 56.3 Å². The highest BCUT2D eigenvalue weighted by Gasteiger charge is 2.44. The Morgan fingerprint density at radius 1 is 1.16 bits per heavy atom. The van der Waals surface area contributed by atoms with Crippen LogP contribution in [0.5, 0.6) is 5.88 Å². The summed E-state index contributed by atoms with van der Waals surface area (Å²) >= 11 is 0. The van der Waals surface area contributed by atoms with Crippen molar-refractivity contribution < 1.29 is 27.5 Å². The maximum atomic E-state index is 13.4. The summed E-state index contributed by atoms with van der Waals surface area (Å²) in [5.74, 6) is -0.459. The molecule has 1 spiro atoms. The van der Waals surface area contributed by atoms with Crippen LogP contribution in [0.25, 0.3) is 11.0 Å². The van der Waals surface area contributed by atoms with Crippen LogP contribution in [0.3, 0.4) is 0 Å². The standard InChI is InChI=1S/C27H32N4O6S/c32-13-15-38(34,35)30-19-4-5-21(23(17-19)31-11-9-27(7-8-27)10-12-31)28-25(33)22-16-18-6-14-36-24(18)26(29-22)37-20-2-1-3-20/h4-6,14,16-17,20,30,32H,1-3,7-13,15H2,(H,28,33). The Bertz CT molecular complexity index is 1450. The highest BCUT2D eigenvalue weighted by molar-refractivity contribution is 7.92. The minimum absolute atomic E-state index is 0.0803. The summed E-state index contributed by atoms with van der Waals surface area (Å²) in [5.41, 5.74) is 2.89. The third-order valence-electron chi connectivity index (χ3n) is 7.97. The van der Waals surface area contributed by atoms with Gasteiger partial charge in [0.25, 0.3) is 11.8 Å². The van der Waals surface area contributed by atoms with E-state index in [1.165, 1.54) is 12.8 Å². The van der Waals surface area contributed by atoms with Crippen LogP contribution < -0.4 is 19.7 Å². The summed E-state index contributed by atoms with van der Waals surface area (Å²) in [6, 6.07) is 8.51. The normalized spacial score (nSPS) is 18.8. The summed E-state index contributed by atoms with van der Waals surface area (Å²) in [6.45, 7) is 1.19. The molecular weight excluding hydrogens is 508 g/mol. The zero-order valence-corrected chi connectivity index (χ0v) is 21.9. The number of carbonyl (C=O) groups excluding carboxylic acids is 1. The molecule has 3 aliphatic rings. The number of rotatable bonds is 9. The molecule has 3 N–H and O–H groups in total. The van der Waals surface area contributed by atoms with Crippen molar-refractivity contribution in [1.82, 2.24) is 4.98 Å². The number of aromatic nitrogens is 1. The number of anilines is 3. The van der Waals surface area contributed by atoms with Crippen molar-refractivity contribution in [3.05, 3.63) is 42.3 Å². The van der Waals surface area contributed by atoms with E-state index in [1.807, 2.05) is 0 Å². The van der Waals surface area contributed by atoms with Gasteiger partial charge in [0, 0.05) is 18.5 Å². The van der Waals surface area contributed by atoms with Crippen molar-refractivity contribution in [2.24, 2.45) is 5.41 Å². The zero-order valence-electron chi connectivity index (χ0n) is 21.1. The predicted molar refractivity (Wildman–Crippen MR) is 144 cm³/mol. The fourth-order valence-corrected chi connectivity index (χ4v) is 6.02. The van der Waals surface area contributed by atoms with Crippen LogP contribution in [-0.4, -0.2) is 56.0 Å². The van der Waals surface area contributed by atoms with Crippen LogP contribution in [-0.2, 0) is 10.0 Å². The first-order chi connectivity index (χ1) is 18.3. The largest absolute Gasteiger partial charge is 0.472 e. The third kappa shape index (κ3) is 5.17. The number of hydrogen-bond acceptors (Lipinski definition) is 8. The Morgan fingerprint density at radius 2 is 1.95 bits per heavy atom. The Balaban J connectivity index is 1.28. The van der Waals surface area contributed by atoms with Crippen LogP contribution in [0.2, 0.25) is 0 Å². The van der Waals surface area contributed by atoms with E-state index in [4.69, 9.17) is 14.3 Å². The smallest absolute Gasteiger partial charge is 0.274 e. The number of benzene rings is 1. The van der Waals surface area contributed by atoms with Crippen LogP contribution in [0, 0.1) is 5.41 Å². The molecule has 38 heavy (non-hydrogen) atoms. The molecule has 0 unspecified atom stereocenters. The number of fused-ring (bicyclic) bond motifs is 1. The zero-order chi connectivity index (χ0) is 26.3. The number of ether oxygens (including phenoxy) is 1. The molecule has 10 nitrogen and oxygen atoms in total. The van der Waals surface area contributed by atoms with Crippen LogP contribution in [0.1, 0.15) is 55.4 Å². The van der Waals surface area contributed by atoms with Gasteiger partial charge in [-0.1, -0.05) is 0 Å². The number of piperidine rings is 1. The van der Waals surface area contributed by atoms with Crippen molar-refractivity contribution in [3.63, 3.8) is 0 Å². The molecular formula is C27H32N4O6S. The fraction of sp³-hybridized carbons (Fsp3) is 0.481. The molecule has 3 heterocycles. The van der Waals surface area contributed by atoms with Gasteiger partial charge in [0.2, 0.25) is 10.0 Å². The highest BCUT2D eigenvalue weighted by Crippen LogP contribution is 2.54. The van der Waals surface area contributed by atoms with Gasteiger partial charge in [-0.25, -0.2) is 13.4 Å². The van der Waals surface area contributed by atoms with Gasteiger partial charge < -0.3 is 24.5 Å². The second-order valence-electron chi connectivity index (χ2n) is 10.6. The first-order valence-electron chi connectivity index (χ1n) is 13.2. The van der Waals surface area contributed by atoms with Crippen LogP contribution in [0.4, 0.5) is 17.1 Å². The monoisotopic (exact) mass is 540 g/mol. The third-order valence-corrected chi connectivity index (χ3v) is 9.24. The second kappa shape index (κ2) is 9.77. The van der Waals surface area contributed by atoms with Crippen molar-refractivity contribution in [2.75, 3.05) is 40.4 Å². The van der Waals surface area contributed by atoms with Gasteiger partial charge in [-0.2, -0.15) is 0 Å². The van der Waals surface area contributed by atoms with Gasteiger partial charge in [0.05, 0.1) is 35.7 Å². The number of carbonyl (C=O) groups is 1. The maximum absolute atomic E-state index is 13.4. The Kier molecular flexibility index (Phi) is 6.43. The van der Waals surface area contributed by atoms with E-state index in [-0.39, 0.29) is 17.6 Å². The molecule has 2 aromatic heterocycles. The number of nitrogens with one attached hydrogen (secondary N) is 2. The molecule has 2 aliphatic carbocycles. The van der Waals surface area contributed by atoms with Gasteiger partial charge in [0.1, 0.15) is 11.8 Å². The molecule has 202 valence electrons. The lowest BCUT2D eigenvalue weighted by atomic mass is 9.93. The summed E-state index contributed by atoms with van der Waals surface area (Å²) in [4.78, 5) is 20.1. The van der Waals surface area contributed by atoms with E-state index in [9.17, 15) is 13.2 Å². The minimum atomic E-state index is -3.69. The Labute approximate surface area is 221 Å². The van der Waals surface area contributed by atoms with Gasteiger partial charge in [-0.3, -0.25) is 9.52 Å². The van der Waals surface area contributed by atoms with Gasteiger partial charge in [-0.15, -0.1) is 0 Å². The van der Waals surface area contributed by atoms with Gasteiger partial charge >= 0.3 is 0 Å². The maximum Gasteiger partial charge on any atom is 0.274 e. The molecule has 11 heteroatoms.